The Morgan fingerprint density at radius 2 is 1.73 bits per heavy atom. The van der Waals surface area contributed by atoms with E-state index < -0.39 is 12.0 Å². The maximum absolute atomic E-state index is 13.3. The van der Waals surface area contributed by atoms with Gasteiger partial charge in [0.25, 0.3) is 5.91 Å². The SMILES string of the molecule is COC(=O)[C@H](Cc1c[nH]c2ccccc12)NC(=O)c1cc(I)c(-c2nc3cc(C)c(C)cc3[nH]2)c(I)c1. The van der Waals surface area contributed by atoms with E-state index in [1.165, 1.54) is 18.2 Å². The van der Waals surface area contributed by atoms with E-state index in [1.807, 2.05) is 42.6 Å². The fourth-order valence-electron chi connectivity index (χ4n) is 4.42. The second-order valence-electron chi connectivity index (χ2n) is 8.97. The molecule has 7 nitrogen and oxygen atoms in total. The van der Waals surface area contributed by atoms with E-state index in [2.05, 4.69) is 86.4 Å². The van der Waals surface area contributed by atoms with Gasteiger partial charge < -0.3 is 20.0 Å². The summed E-state index contributed by atoms with van der Waals surface area (Å²) < 4.78 is 6.77. The van der Waals surface area contributed by atoms with Crippen LogP contribution in [0.2, 0.25) is 0 Å². The highest BCUT2D eigenvalue weighted by molar-refractivity contribution is 14.1. The van der Waals surface area contributed by atoms with E-state index >= 15 is 0 Å². The lowest BCUT2D eigenvalue weighted by Gasteiger charge is -2.17. The summed E-state index contributed by atoms with van der Waals surface area (Å²) in [4.78, 5) is 37.3. The number of H-pyrrole nitrogens is 2. The summed E-state index contributed by atoms with van der Waals surface area (Å²) in [6.45, 7) is 4.15. The zero-order chi connectivity index (χ0) is 26.3. The molecule has 2 aromatic heterocycles. The van der Waals surface area contributed by atoms with Crippen LogP contribution in [0.25, 0.3) is 33.3 Å². The molecule has 188 valence electrons. The van der Waals surface area contributed by atoms with Gasteiger partial charge in [-0.2, -0.15) is 0 Å². The Bertz CT molecular complexity index is 1610. The van der Waals surface area contributed by atoms with Crippen molar-refractivity contribution in [3.63, 3.8) is 0 Å². The molecule has 2 heterocycles. The largest absolute Gasteiger partial charge is 0.467 e. The summed E-state index contributed by atoms with van der Waals surface area (Å²) >= 11 is 4.46. The molecule has 3 aromatic carbocycles. The predicted octanol–water partition coefficient (Wildman–Crippen LogP) is 6.05. The molecule has 0 radical (unpaired) electrons. The van der Waals surface area contributed by atoms with Crippen LogP contribution in [-0.4, -0.2) is 40.0 Å². The van der Waals surface area contributed by atoms with E-state index in [1.54, 1.807) is 0 Å². The van der Waals surface area contributed by atoms with Crippen LogP contribution in [0.4, 0.5) is 0 Å². The molecule has 0 spiro atoms. The van der Waals surface area contributed by atoms with E-state index in [0.717, 1.165) is 46.0 Å². The minimum absolute atomic E-state index is 0.312. The van der Waals surface area contributed by atoms with Gasteiger partial charge in [-0.05, 0) is 106 Å². The Kier molecular flexibility index (Phi) is 7.26. The first-order chi connectivity index (χ1) is 17.7. The Morgan fingerprint density at radius 3 is 2.46 bits per heavy atom. The van der Waals surface area contributed by atoms with Crippen molar-refractivity contribution in [3.05, 3.63) is 84.1 Å². The topological polar surface area (TPSA) is 99.9 Å². The minimum atomic E-state index is -0.825. The predicted molar refractivity (Wildman–Crippen MR) is 162 cm³/mol. The van der Waals surface area contributed by atoms with Crippen LogP contribution in [0, 0.1) is 21.0 Å². The van der Waals surface area contributed by atoms with Crippen LogP contribution in [0.3, 0.4) is 0 Å². The number of carbonyl (C=O) groups excluding carboxylic acids is 2. The van der Waals surface area contributed by atoms with E-state index in [-0.39, 0.29) is 5.91 Å². The fraction of sp³-hybridized carbons (Fsp3) is 0.179. The van der Waals surface area contributed by atoms with Gasteiger partial charge in [-0.15, -0.1) is 0 Å². The molecule has 1 amide bonds. The number of imidazole rings is 1. The molecule has 5 aromatic rings. The molecule has 0 unspecified atom stereocenters. The van der Waals surface area contributed by atoms with Gasteiger partial charge in [0, 0.05) is 41.8 Å². The summed E-state index contributed by atoms with van der Waals surface area (Å²) in [7, 11) is 1.33. The molecule has 0 saturated heterocycles. The van der Waals surface area contributed by atoms with Gasteiger partial charge >= 0.3 is 5.97 Å². The van der Waals surface area contributed by atoms with Crippen LogP contribution in [0.5, 0.6) is 0 Å². The molecule has 5 rings (SSSR count). The number of aryl methyl sites for hydroxylation is 2. The molecular weight excluding hydrogens is 694 g/mol. The molecular formula is C28H24I2N4O3. The molecule has 9 heteroatoms. The summed E-state index contributed by atoms with van der Waals surface area (Å²) in [6.07, 6.45) is 2.18. The molecule has 3 N–H and O–H groups in total. The van der Waals surface area contributed by atoms with E-state index in [9.17, 15) is 9.59 Å². The normalized spacial score (nSPS) is 12.1. The highest BCUT2D eigenvalue weighted by atomic mass is 127. The number of hydrogen-bond acceptors (Lipinski definition) is 4. The molecule has 0 aliphatic heterocycles. The van der Waals surface area contributed by atoms with Crippen LogP contribution < -0.4 is 5.32 Å². The van der Waals surface area contributed by atoms with E-state index in [0.29, 0.717) is 12.0 Å². The summed E-state index contributed by atoms with van der Waals surface area (Å²) in [5.41, 5.74) is 7.58. The van der Waals surface area contributed by atoms with Crippen molar-refractivity contribution in [2.24, 2.45) is 0 Å². The molecule has 0 fully saturated rings. The third-order valence-electron chi connectivity index (χ3n) is 6.53. The average Bonchev–Trinajstić information content (AvgIpc) is 3.46. The van der Waals surface area contributed by atoms with Gasteiger partial charge in [-0.3, -0.25) is 4.79 Å². The number of para-hydroxylation sites is 1. The van der Waals surface area contributed by atoms with Crippen LogP contribution in [0.15, 0.2) is 54.7 Å². The number of nitrogens with one attached hydrogen (secondary N) is 3. The summed E-state index contributed by atoms with van der Waals surface area (Å²) in [6, 6.07) is 14.8. The number of aromatic amines is 2. The molecule has 0 aliphatic rings. The van der Waals surface area contributed by atoms with Gasteiger partial charge in [0.2, 0.25) is 0 Å². The number of aromatic nitrogens is 3. The third kappa shape index (κ3) is 5.11. The number of benzene rings is 3. The number of fused-ring (bicyclic) bond motifs is 2. The zero-order valence-corrected chi connectivity index (χ0v) is 24.7. The van der Waals surface area contributed by atoms with Crippen LogP contribution in [0.1, 0.15) is 27.0 Å². The van der Waals surface area contributed by atoms with E-state index in [4.69, 9.17) is 9.72 Å². The standard InChI is InChI=1S/C28H24I2N4O3/c1-14-8-22-23(9-15(14)2)33-26(32-22)25-19(29)10-16(11-20(25)30)27(35)34-24(28(36)37-3)12-17-13-31-21-7-5-4-6-18(17)21/h4-11,13,24,31H,12H2,1-3H3,(H,32,33)(H,34,35)/t24-/m0/s1. The Hall–Kier alpha value is -2.93. The number of nitrogens with zero attached hydrogens (tertiary/aromatic N) is 1. The number of amides is 1. The molecule has 37 heavy (non-hydrogen) atoms. The monoisotopic (exact) mass is 718 g/mol. The van der Waals surface area contributed by atoms with Gasteiger partial charge in [0.15, 0.2) is 0 Å². The highest BCUT2D eigenvalue weighted by Gasteiger charge is 2.25. The van der Waals surface area contributed by atoms with Gasteiger partial charge in [0.05, 0.1) is 18.1 Å². The van der Waals surface area contributed by atoms with Gasteiger partial charge in [-0.25, -0.2) is 9.78 Å². The zero-order valence-electron chi connectivity index (χ0n) is 20.4. The van der Waals surface area contributed by atoms with Crippen molar-refractivity contribution in [3.8, 4) is 11.4 Å². The van der Waals surface area contributed by atoms with Crippen LogP contribution >= 0.6 is 45.2 Å². The van der Waals surface area contributed by atoms with Gasteiger partial charge in [0.1, 0.15) is 11.9 Å². The number of hydrogen-bond donors (Lipinski definition) is 3. The number of esters is 1. The maximum atomic E-state index is 13.3. The second kappa shape index (κ2) is 10.4. The van der Waals surface area contributed by atoms with Crippen LogP contribution in [-0.2, 0) is 16.0 Å². The minimum Gasteiger partial charge on any atom is -0.467 e. The van der Waals surface area contributed by atoms with Crippen molar-refractivity contribution < 1.29 is 14.3 Å². The first-order valence-corrected chi connectivity index (χ1v) is 13.8. The molecule has 0 aliphatic carbocycles. The average molecular weight is 718 g/mol. The van der Waals surface area contributed by atoms with Crippen molar-refractivity contribution in [1.82, 2.24) is 20.3 Å². The lowest BCUT2D eigenvalue weighted by molar-refractivity contribution is -0.142. The second-order valence-corrected chi connectivity index (χ2v) is 11.3. The first-order valence-electron chi connectivity index (χ1n) is 11.6. The Balaban J connectivity index is 1.42. The maximum Gasteiger partial charge on any atom is 0.328 e. The van der Waals surface area contributed by atoms with Crippen molar-refractivity contribution in [2.75, 3.05) is 7.11 Å². The third-order valence-corrected chi connectivity index (χ3v) is 8.23. The fourth-order valence-corrected chi connectivity index (χ4v) is 6.69. The Labute approximate surface area is 241 Å². The van der Waals surface area contributed by atoms with Crippen molar-refractivity contribution in [1.29, 1.82) is 0 Å². The summed E-state index contributed by atoms with van der Waals surface area (Å²) in [5, 5.41) is 3.89. The quantitative estimate of drug-likeness (QED) is 0.147. The van der Waals surface area contributed by atoms with Gasteiger partial charge in [-0.1, -0.05) is 18.2 Å². The number of methoxy groups -OCH3 is 1. The molecule has 1 atom stereocenters. The first kappa shape index (κ1) is 25.7. The number of ether oxygens (including phenoxy) is 1. The number of halogens is 2. The van der Waals surface area contributed by atoms with Crippen molar-refractivity contribution in [2.45, 2.75) is 26.3 Å². The lowest BCUT2D eigenvalue weighted by Crippen LogP contribution is -2.43. The highest BCUT2D eigenvalue weighted by Crippen LogP contribution is 2.32. The lowest BCUT2D eigenvalue weighted by atomic mass is 10.0. The van der Waals surface area contributed by atoms with Crippen molar-refractivity contribution >= 4 is 79.0 Å². The number of carbonyl (C=O) groups is 2. The Morgan fingerprint density at radius 1 is 1.03 bits per heavy atom. The molecule has 0 saturated carbocycles. The number of rotatable bonds is 6. The summed E-state index contributed by atoms with van der Waals surface area (Å²) in [5.74, 6) is -0.0754. The molecule has 0 bridgehead atoms. The smallest absolute Gasteiger partial charge is 0.328 e.